The smallest absolute Gasteiger partial charge is 0.193 e. The minimum Gasteiger partial charge on any atom is -0.403 e. The van der Waals surface area contributed by atoms with Crippen molar-refractivity contribution in [1.29, 1.82) is 0 Å². The van der Waals surface area contributed by atoms with E-state index in [2.05, 4.69) is 52.6 Å². The fourth-order valence-corrected chi connectivity index (χ4v) is 5.92. The molecule has 5 unspecified atom stereocenters. The Morgan fingerprint density at radius 2 is 1.89 bits per heavy atom. The second-order valence-corrected chi connectivity index (χ2v) is 15.2. The Bertz CT molecular complexity index is 594. The molecule has 1 saturated heterocycles. The van der Waals surface area contributed by atoms with Crippen LogP contribution in [0.4, 0.5) is 0 Å². The highest BCUT2D eigenvalue weighted by Crippen LogP contribution is 2.59. The average Bonchev–Trinajstić information content (AvgIpc) is 3.17. The number of hydrogen-bond acceptors (Lipinski definition) is 4. The van der Waals surface area contributed by atoms with Gasteiger partial charge in [0.2, 0.25) is 0 Å². The van der Waals surface area contributed by atoms with Gasteiger partial charge in [-0.05, 0) is 43.3 Å². The summed E-state index contributed by atoms with van der Waals surface area (Å²) in [6.45, 7) is 15.0. The van der Waals surface area contributed by atoms with Crippen molar-refractivity contribution in [2.45, 2.75) is 102 Å². The molecule has 3 fully saturated rings. The van der Waals surface area contributed by atoms with Gasteiger partial charge in [-0.2, -0.15) is 0 Å². The number of ether oxygens (including phenoxy) is 2. The SMILES string of the molecule is CCCCCC(C#CC1C(O)CC2C1CC21OCCO1)O[Si](C)(C)C(C)(C)C. The standard InChI is InChI=1S/C23H40O4Si/c1-7-8-9-10-17(27-28(5,6)22(2,3)4)11-12-18-19-16-23(25-13-14-26-23)20(19)15-21(18)24/h17-21,24H,7-10,13-16H2,1-6H3. The van der Waals surface area contributed by atoms with Gasteiger partial charge in [0, 0.05) is 18.3 Å². The zero-order valence-corrected chi connectivity index (χ0v) is 19.7. The topological polar surface area (TPSA) is 47.9 Å². The lowest BCUT2D eigenvalue weighted by Gasteiger charge is -2.48. The first-order valence-corrected chi connectivity index (χ1v) is 14.2. The third-order valence-electron chi connectivity index (χ3n) is 7.47. The van der Waals surface area contributed by atoms with E-state index in [1.807, 2.05) is 0 Å². The van der Waals surface area contributed by atoms with Crippen molar-refractivity contribution in [3.63, 3.8) is 0 Å². The van der Waals surface area contributed by atoms with Crippen LogP contribution in [0.3, 0.4) is 0 Å². The van der Waals surface area contributed by atoms with E-state index in [1.165, 1.54) is 12.8 Å². The third kappa shape index (κ3) is 4.37. The van der Waals surface area contributed by atoms with E-state index in [1.54, 1.807) is 0 Å². The number of hydrogen-bond donors (Lipinski definition) is 1. The lowest BCUT2D eigenvalue weighted by atomic mass is 9.67. The molecule has 5 heteroatoms. The molecule has 160 valence electrons. The van der Waals surface area contributed by atoms with E-state index in [0.717, 1.165) is 25.7 Å². The van der Waals surface area contributed by atoms with Gasteiger partial charge in [0.1, 0.15) is 6.10 Å². The molecule has 2 saturated carbocycles. The predicted octanol–water partition coefficient (Wildman–Crippen LogP) is 4.72. The number of aliphatic hydroxyl groups is 1. The van der Waals surface area contributed by atoms with E-state index in [4.69, 9.17) is 13.9 Å². The first-order chi connectivity index (χ1) is 13.1. The Hall–Kier alpha value is -0.383. The molecule has 0 aromatic rings. The number of fused-ring (bicyclic) bond motifs is 2. The minimum atomic E-state index is -1.87. The predicted molar refractivity (Wildman–Crippen MR) is 114 cm³/mol. The maximum Gasteiger partial charge on any atom is 0.193 e. The van der Waals surface area contributed by atoms with Crippen LogP contribution in [0.1, 0.15) is 66.2 Å². The fraction of sp³-hybridized carbons (Fsp3) is 0.913. The Morgan fingerprint density at radius 1 is 1.21 bits per heavy atom. The van der Waals surface area contributed by atoms with Crippen molar-refractivity contribution in [3.05, 3.63) is 0 Å². The van der Waals surface area contributed by atoms with E-state index >= 15 is 0 Å². The molecule has 5 atom stereocenters. The van der Waals surface area contributed by atoms with Crippen LogP contribution in [0.15, 0.2) is 0 Å². The number of unbranched alkanes of at least 4 members (excludes halogenated alkanes) is 2. The second-order valence-electron chi connectivity index (χ2n) is 10.5. The fourth-order valence-electron chi connectivity index (χ4n) is 4.68. The molecular formula is C23H40O4Si. The molecule has 3 aliphatic rings. The summed E-state index contributed by atoms with van der Waals surface area (Å²) in [7, 11) is -1.87. The zero-order chi connectivity index (χ0) is 20.6. The van der Waals surface area contributed by atoms with Crippen molar-refractivity contribution in [1.82, 2.24) is 0 Å². The summed E-state index contributed by atoms with van der Waals surface area (Å²) in [5.41, 5.74) is 0. The van der Waals surface area contributed by atoms with E-state index in [-0.39, 0.29) is 23.2 Å². The van der Waals surface area contributed by atoms with Crippen molar-refractivity contribution < 1.29 is 19.0 Å². The monoisotopic (exact) mass is 408 g/mol. The molecule has 28 heavy (non-hydrogen) atoms. The molecule has 1 N–H and O–H groups in total. The Kier molecular flexibility index (Phi) is 6.69. The maximum atomic E-state index is 10.7. The van der Waals surface area contributed by atoms with Crippen LogP contribution in [0.25, 0.3) is 0 Å². The number of rotatable bonds is 6. The molecule has 2 aliphatic carbocycles. The lowest BCUT2D eigenvalue weighted by molar-refractivity contribution is -0.270. The maximum absolute atomic E-state index is 10.7. The molecule has 1 aliphatic heterocycles. The molecule has 0 aromatic heterocycles. The van der Waals surface area contributed by atoms with Crippen LogP contribution in [0.2, 0.25) is 18.1 Å². The molecule has 1 heterocycles. The van der Waals surface area contributed by atoms with Gasteiger partial charge in [-0.1, -0.05) is 52.4 Å². The highest BCUT2D eigenvalue weighted by Gasteiger charge is 2.64. The minimum absolute atomic E-state index is 0.0216. The van der Waals surface area contributed by atoms with Crippen LogP contribution in [-0.2, 0) is 13.9 Å². The summed E-state index contributed by atoms with van der Waals surface area (Å²) in [5.74, 6) is 7.22. The molecule has 0 amide bonds. The summed E-state index contributed by atoms with van der Waals surface area (Å²) in [4.78, 5) is 0. The highest BCUT2D eigenvalue weighted by atomic mass is 28.4. The highest BCUT2D eigenvalue weighted by molar-refractivity contribution is 6.74. The molecule has 1 spiro atoms. The average molecular weight is 409 g/mol. The van der Waals surface area contributed by atoms with Gasteiger partial charge in [0.05, 0.1) is 19.3 Å². The first kappa shape index (κ1) is 22.3. The molecule has 4 nitrogen and oxygen atoms in total. The van der Waals surface area contributed by atoms with Crippen molar-refractivity contribution in [2.24, 2.45) is 17.8 Å². The van der Waals surface area contributed by atoms with Crippen molar-refractivity contribution >= 4 is 8.32 Å². The van der Waals surface area contributed by atoms with Gasteiger partial charge in [0.25, 0.3) is 0 Å². The molecule has 0 bridgehead atoms. The molecular weight excluding hydrogens is 368 g/mol. The first-order valence-electron chi connectivity index (χ1n) is 11.2. The molecule has 0 radical (unpaired) electrons. The Balaban J connectivity index is 1.68. The largest absolute Gasteiger partial charge is 0.403 e. The van der Waals surface area contributed by atoms with E-state index < -0.39 is 14.1 Å². The summed E-state index contributed by atoms with van der Waals surface area (Å²) in [5, 5.41) is 10.8. The quantitative estimate of drug-likeness (QED) is 0.392. The van der Waals surface area contributed by atoms with Gasteiger partial charge in [-0.3, -0.25) is 0 Å². The summed E-state index contributed by atoms with van der Waals surface area (Å²) in [6, 6.07) is 0. The zero-order valence-electron chi connectivity index (χ0n) is 18.7. The summed E-state index contributed by atoms with van der Waals surface area (Å²) < 4.78 is 18.4. The van der Waals surface area contributed by atoms with Gasteiger partial charge in [0.15, 0.2) is 14.1 Å². The van der Waals surface area contributed by atoms with Crippen LogP contribution >= 0.6 is 0 Å². The third-order valence-corrected chi connectivity index (χ3v) is 12.0. The van der Waals surface area contributed by atoms with Crippen LogP contribution in [-0.4, -0.2) is 44.6 Å². The van der Waals surface area contributed by atoms with Crippen LogP contribution < -0.4 is 0 Å². The summed E-state index contributed by atoms with van der Waals surface area (Å²) >= 11 is 0. The van der Waals surface area contributed by atoms with Crippen molar-refractivity contribution in [2.75, 3.05) is 13.2 Å². The number of aliphatic hydroxyl groups excluding tert-OH is 1. The molecule has 0 aromatic carbocycles. The normalized spacial score (nSPS) is 32.5. The van der Waals surface area contributed by atoms with Gasteiger partial charge >= 0.3 is 0 Å². The van der Waals surface area contributed by atoms with Crippen LogP contribution in [0, 0.1) is 29.6 Å². The Morgan fingerprint density at radius 3 is 2.50 bits per heavy atom. The Labute approximate surface area is 172 Å². The summed E-state index contributed by atoms with van der Waals surface area (Å²) in [6.07, 6.45) is 5.77. The van der Waals surface area contributed by atoms with Crippen molar-refractivity contribution in [3.8, 4) is 11.8 Å². The van der Waals surface area contributed by atoms with E-state index in [0.29, 0.717) is 25.0 Å². The van der Waals surface area contributed by atoms with Gasteiger partial charge in [-0.15, -0.1) is 0 Å². The van der Waals surface area contributed by atoms with Gasteiger partial charge < -0.3 is 19.0 Å². The molecule has 3 rings (SSSR count). The van der Waals surface area contributed by atoms with E-state index in [9.17, 15) is 5.11 Å². The second kappa shape index (κ2) is 8.39. The van der Waals surface area contributed by atoms with Gasteiger partial charge in [-0.25, -0.2) is 0 Å². The van der Waals surface area contributed by atoms with Crippen LogP contribution in [0.5, 0.6) is 0 Å². The lowest BCUT2D eigenvalue weighted by Crippen LogP contribution is -2.53.